The molecule has 1 aliphatic rings. The molecule has 0 spiro atoms. The van der Waals surface area contributed by atoms with Gasteiger partial charge in [-0.25, -0.2) is 4.98 Å². The molecule has 1 aromatic heterocycles. The molecule has 0 radical (unpaired) electrons. The molecule has 6 nitrogen and oxygen atoms in total. The van der Waals surface area contributed by atoms with Crippen molar-refractivity contribution in [1.82, 2.24) is 9.88 Å². The van der Waals surface area contributed by atoms with Gasteiger partial charge in [-0.3, -0.25) is 4.79 Å². The third kappa shape index (κ3) is 4.15. The Morgan fingerprint density at radius 1 is 1.07 bits per heavy atom. The van der Waals surface area contributed by atoms with Gasteiger partial charge in [-0.05, 0) is 38.1 Å². The third-order valence-electron chi connectivity index (χ3n) is 5.07. The average molecular weight is 368 g/mol. The van der Waals surface area contributed by atoms with Gasteiger partial charge in [-0.2, -0.15) is 0 Å². The Hall–Kier alpha value is -2.76. The summed E-state index contributed by atoms with van der Waals surface area (Å²) in [6, 6.07) is 11.8. The van der Waals surface area contributed by atoms with Gasteiger partial charge in [0.1, 0.15) is 11.6 Å². The number of carbonyl (C=O) groups is 1. The average Bonchev–Trinajstić information content (AvgIpc) is 2.74. The first-order valence-electron chi connectivity index (χ1n) is 9.56. The van der Waals surface area contributed by atoms with Crippen LogP contribution in [0.25, 0.3) is 0 Å². The summed E-state index contributed by atoms with van der Waals surface area (Å²) in [5.74, 6) is 1.83. The number of hydrogen-bond acceptors (Lipinski definition) is 5. The number of ether oxygens (including phenoxy) is 1. The van der Waals surface area contributed by atoms with Crippen LogP contribution in [0, 0.1) is 0 Å². The molecule has 6 heteroatoms. The summed E-state index contributed by atoms with van der Waals surface area (Å²) < 4.78 is 5.49. The highest BCUT2D eigenvalue weighted by Crippen LogP contribution is 2.29. The van der Waals surface area contributed by atoms with Crippen LogP contribution >= 0.6 is 0 Å². The van der Waals surface area contributed by atoms with Gasteiger partial charge in [0, 0.05) is 51.0 Å². The molecule has 1 amide bonds. The van der Waals surface area contributed by atoms with Crippen molar-refractivity contribution in [2.45, 2.75) is 13.8 Å². The number of methoxy groups -OCH3 is 1. The Kier molecular flexibility index (Phi) is 6.16. The van der Waals surface area contributed by atoms with Crippen molar-refractivity contribution in [2.24, 2.45) is 0 Å². The molecular weight excluding hydrogens is 340 g/mol. The maximum Gasteiger partial charge on any atom is 0.254 e. The number of rotatable bonds is 6. The quantitative estimate of drug-likeness (QED) is 0.785. The maximum atomic E-state index is 12.6. The third-order valence-corrected chi connectivity index (χ3v) is 5.07. The van der Waals surface area contributed by atoms with Crippen molar-refractivity contribution in [3.63, 3.8) is 0 Å². The molecule has 1 aliphatic heterocycles. The highest BCUT2D eigenvalue weighted by atomic mass is 16.5. The van der Waals surface area contributed by atoms with Crippen LogP contribution in [0.1, 0.15) is 24.2 Å². The van der Waals surface area contributed by atoms with E-state index in [4.69, 9.17) is 4.74 Å². The Balaban J connectivity index is 1.69. The van der Waals surface area contributed by atoms with Crippen molar-refractivity contribution < 1.29 is 9.53 Å². The zero-order chi connectivity index (χ0) is 19.2. The second kappa shape index (κ2) is 8.75. The second-order valence-corrected chi connectivity index (χ2v) is 6.53. The number of pyridine rings is 1. The molecule has 3 rings (SSSR count). The number of anilines is 2. The summed E-state index contributed by atoms with van der Waals surface area (Å²) in [4.78, 5) is 23.5. The molecule has 0 bridgehead atoms. The fourth-order valence-electron chi connectivity index (χ4n) is 3.49. The van der Waals surface area contributed by atoms with Crippen LogP contribution in [-0.2, 0) is 0 Å². The van der Waals surface area contributed by atoms with Gasteiger partial charge in [-0.1, -0.05) is 12.1 Å². The minimum atomic E-state index is 0.0660. The number of carbonyl (C=O) groups excluding carboxylic acids is 1. The first-order chi connectivity index (χ1) is 13.2. The standard InChI is InChI=1S/C21H28N4O2/c1-4-23(5-2)21(26)17-10-11-22-20(16-17)25-14-12-24(13-15-25)18-8-6-7-9-19(18)27-3/h6-11,16H,4-5,12-15H2,1-3H3. The number of benzene rings is 1. The van der Waals surface area contributed by atoms with E-state index in [1.807, 2.05) is 43.0 Å². The summed E-state index contributed by atoms with van der Waals surface area (Å²) in [7, 11) is 1.71. The predicted molar refractivity (Wildman–Crippen MR) is 109 cm³/mol. The number of amides is 1. The van der Waals surface area contributed by atoms with Crippen LogP contribution in [0.15, 0.2) is 42.6 Å². The van der Waals surface area contributed by atoms with Crippen LogP contribution in [0.3, 0.4) is 0 Å². The first-order valence-corrected chi connectivity index (χ1v) is 9.56. The lowest BCUT2D eigenvalue weighted by Crippen LogP contribution is -2.47. The molecule has 0 aliphatic carbocycles. The van der Waals surface area contributed by atoms with Crippen molar-refractivity contribution in [1.29, 1.82) is 0 Å². The minimum Gasteiger partial charge on any atom is -0.495 e. The fourth-order valence-corrected chi connectivity index (χ4v) is 3.49. The zero-order valence-corrected chi connectivity index (χ0v) is 16.4. The lowest BCUT2D eigenvalue weighted by atomic mass is 10.2. The molecule has 2 aromatic rings. The van der Waals surface area contributed by atoms with E-state index >= 15 is 0 Å². The minimum absolute atomic E-state index is 0.0660. The van der Waals surface area contributed by atoms with E-state index in [0.29, 0.717) is 18.7 Å². The predicted octanol–water partition coefficient (Wildman–Crippen LogP) is 2.90. The van der Waals surface area contributed by atoms with E-state index in [2.05, 4.69) is 20.9 Å². The Morgan fingerprint density at radius 2 is 1.74 bits per heavy atom. The van der Waals surface area contributed by atoms with Crippen molar-refractivity contribution >= 4 is 17.4 Å². The molecule has 0 unspecified atom stereocenters. The number of piperazine rings is 1. The highest BCUT2D eigenvalue weighted by molar-refractivity contribution is 5.94. The summed E-state index contributed by atoms with van der Waals surface area (Å²) in [5.41, 5.74) is 1.83. The van der Waals surface area contributed by atoms with Crippen LogP contribution in [0.5, 0.6) is 5.75 Å². The highest BCUT2D eigenvalue weighted by Gasteiger charge is 2.21. The molecule has 2 heterocycles. The van der Waals surface area contributed by atoms with Gasteiger partial charge in [0.05, 0.1) is 12.8 Å². The molecule has 1 fully saturated rings. The van der Waals surface area contributed by atoms with E-state index < -0.39 is 0 Å². The Morgan fingerprint density at radius 3 is 2.41 bits per heavy atom. The molecule has 27 heavy (non-hydrogen) atoms. The largest absolute Gasteiger partial charge is 0.495 e. The van der Waals surface area contributed by atoms with Crippen LogP contribution in [0.2, 0.25) is 0 Å². The van der Waals surface area contributed by atoms with E-state index in [1.165, 1.54) is 0 Å². The van der Waals surface area contributed by atoms with Gasteiger partial charge < -0.3 is 19.4 Å². The second-order valence-electron chi connectivity index (χ2n) is 6.53. The van der Waals surface area contributed by atoms with Gasteiger partial charge in [0.25, 0.3) is 5.91 Å². The molecule has 1 saturated heterocycles. The number of aromatic nitrogens is 1. The monoisotopic (exact) mass is 368 g/mol. The smallest absolute Gasteiger partial charge is 0.254 e. The van der Waals surface area contributed by atoms with Gasteiger partial charge in [0.15, 0.2) is 0 Å². The normalized spacial score (nSPS) is 14.2. The first kappa shape index (κ1) is 19.0. The van der Waals surface area contributed by atoms with Crippen LogP contribution in [-0.4, -0.2) is 62.2 Å². The van der Waals surface area contributed by atoms with Crippen molar-refractivity contribution in [3.8, 4) is 5.75 Å². The van der Waals surface area contributed by atoms with E-state index in [0.717, 1.165) is 43.4 Å². The Bertz CT molecular complexity index is 768. The van der Waals surface area contributed by atoms with Crippen LogP contribution < -0.4 is 14.5 Å². The van der Waals surface area contributed by atoms with Gasteiger partial charge in [0.2, 0.25) is 0 Å². The molecule has 0 saturated carbocycles. The lowest BCUT2D eigenvalue weighted by molar-refractivity contribution is 0.0773. The summed E-state index contributed by atoms with van der Waals surface area (Å²) in [6.07, 6.45) is 1.73. The summed E-state index contributed by atoms with van der Waals surface area (Å²) in [6.45, 7) is 8.91. The number of para-hydroxylation sites is 2. The van der Waals surface area contributed by atoms with Gasteiger partial charge >= 0.3 is 0 Å². The molecule has 144 valence electrons. The molecule has 0 N–H and O–H groups in total. The SMILES string of the molecule is CCN(CC)C(=O)c1ccnc(N2CCN(c3ccccc3OC)CC2)c1. The van der Waals surface area contributed by atoms with Crippen LogP contribution in [0.4, 0.5) is 11.5 Å². The van der Waals surface area contributed by atoms with E-state index in [9.17, 15) is 4.79 Å². The van der Waals surface area contributed by atoms with Crippen molar-refractivity contribution in [2.75, 3.05) is 56.2 Å². The van der Waals surface area contributed by atoms with E-state index in [1.54, 1.807) is 19.4 Å². The van der Waals surface area contributed by atoms with Crippen molar-refractivity contribution in [3.05, 3.63) is 48.2 Å². The summed E-state index contributed by atoms with van der Waals surface area (Å²) >= 11 is 0. The fraction of sp³-hybridized carbons (Fsp3) is 0.429. The molecular formula is C21H28N4O2. The molecule has 1 aromatic carbocycles. The van der Waals surface area contributed by atoms with Gasteiger partial charge in [-0.15, -0.1) is 0 Å². The number of nitrogens with zero attached hydrogens (tertiary/aromatic N) is 4. The Labute approximate surface area is 161 Å². The summed E-state index contributed by atoms with van der Waals surface area (Å²) in [5, 5.41) is 0. The zero-order valence-electron chi connectivity index (χ0n) is 16.4. The molecule has 0 atom stereocenters. The topological polar surface area (TPSA) is 48.9 Å². The lowest BCUT2D eigenvalue weighted by Gasteiger charge is -2.37. The maximum absolute atomic E-state index is 12.6. The van der Waals surface area contributed by atoms with E-state index in [-0.39, 0.29) is 5.91 Å². The number of hydrogen-bond donors (Lipinski definition) is 0.